The number of rotatable bonds is 6. The Balaban J connectivity index is 2.52. The number of nitrogens with one attached hydrogen (secondary N) is 1. The third-order valence-corrected chi connectivity index (χ3v) is 2.95. The number of hydrogen-bond donors (Lipinski definition) is 1. The third-order valence-electron chi connectivity index (χ3n) is 2.68. The molecule has 1 atom stereocenters. The molecule has 0 aromatic heterocycles. The molecule has 0 aliphatic heterocycles. The summed E-state index contributed by atoms with van der Waals surface area (Å²) in [7, 11) is 0. The van der Waals surface area contributed by atoms with E-state index in [4.69, 9.17) is 11.6 Å². The van der Waals surface area contributed by atoms with Crippen molar-refractivity contribution in [1.82, 2.24) is 5.32 Å². The quantitative estimate of drug-likeness (QED) is 0.770. The molecule has 5 heteroatoms. The molecule has 0 bridgehead atoms. The zero-order valence-corrected chi connectivity index (χ0v) is 11.0. The van der Waals surface area contributed by atoms with Crippen molar-refractivity contribution in [2.24, 2.45) is 0 Å². The molecule has 0 aliphatic carbocycles. The van der Waals surface area contributed by atoms with Gasteiger partial charge >= 0.3 is 6.18 Å². The van der Waals surface area contributed by atoms with E-state index >= 15 is 0 Å². The van der Waals surface area contributed by atoms with Crippen LogP contribution in [0.3, 0.4) is 0 Å². The summed E-state index contributed by atoms with van der Waals surface area (Å²) in [6.45, 7) is 2.44. The first kappa shape index (κ1) is 15.3. The lowest BCUT2D eigenvalue weighted by atomic mass is 10.1. The Morgan fingerprint density at radius 1 is 1.33 bits per heavy atom. The minimum absolute atomic E-state index is 0.248. The van der Waals surface area contributed by atoms with Gasteiger partial charge in [-0.15, -0.1) is 11.6 Å². The van der Waals surface area contributed by atoms with Gasteiger partial charge in [0.15, 0.2) is 0 Å². The molecule has 1 unspecified atom stereocenters. The van der Waals surface area contributed by atoms with Gasteiger partial charge in [-0.05, 0) is 31.4 Å². The zero-order chi connectivity index (χ0) is 13.6. The molecule has 0 fully saturated rings. The number of hydrogen-bond acceptors (Lipinski definition) is 1. The van der Waals surface area contributed by atoms with E-state index in [1.807, 2.05) is 6.92 Å². The first-order chi connectivity index (χ1) is 8.43. The van der Waals surface area contributed by atoms with Crippen LogP contribution in [0.4, 0.5) is 13.2 Å². The lowest BCUT2D eigenvalue weighted by molar-refractivity contribution is -0.137. The smallest absolute Gasteiger partial charge is 0.310 e. The van der Waals surface area contributed by atoms with Crippen molar-refractivity contribution in [3.63, 3.8) is 0 Å². The molecule has 0 aliphatic rings. The van der Waals surface area contributed by atoms with E-state index < -0.39 is 11.7 Å². The summed E-state index contributed by atoms with van der Waals surface area (Å²) in [6.07, 6.45) is -2.46. The van der Waals surface area contributed by atoms with Gasteiger partial charge in [0, 0.05) is 18.5 Å². The Morgan fingerprint density at radius 3 is 2.67 bits per heavy atom. The van der Waals surface area contributed by atoms with E-state index in [1.54, 1.807) is 6.07 Å². The Hall–Kier alpha value is -0.740. The third kappa shape index (κ3) is 5.27. The van der Waals surface area contributed by atoms with Gasteiger partial charge < -0.3 is 5.32 Å². The molecule has 0 heterocycles. The Kier molecular flexibility index (Phi) is 5.96. The van der Waals surface area contributed by atoms with Crippen LogP contribution in [0, 0.1) is 0 Å². The highest BCUT2D eigenvalue weighted by molar-refractivity contribution is 6.17. The van der Waals surface area contributed by atoms with Gasteiger partial charge in [0.1, 0.15) is 0 Å². The van der Waals surface area contributed by atoms with Crippen LogP contribution in [0.15, 0.2) is 24.3 Å². The highest BCUT2D eigenvalue weighted by Crippen LogP contribution is 2.29. The molecule has 1 aromatic rings. The molecule has 1 aromatic carbocycles. The molecule has 0 saturated heterocycles. The standard InChI is InChI=1S/C13H17ClF3N/c1-10(4-3-7-14)18-9-11-5-2-6-12(8-11)13(15,16)17/h2,5-6,8,10,18H,3-4,7,9H2,1H3. The molecule has 1 nitrogen and oxygen atoms in total. The van der Waals surface area contributed by atoms with Crippen LogP contribution < -0.4 is 5.32 Å². The van der Waals surface area contributed by atoms with E-state index in [2.05, 4.69) is 5.32 Å². The van der Waals surface area contributed by atoms with Crippen molar-refractivity contribution >= 4 is 11.6 Å². The molecule has 0 amide bonds. The monoisotopic (exact) mass is 279 g/mol. The van der Waals surface area contributed by atoms with Crippen molar-refractivity contribution in [2.75, 3.05) is 5.88 Å². The summed E-state index contributed by atoms with van der Waals surface area (Å²) >= 11 is 5.58. The minimum atomic E-state index is -4.28. The average Bonchev–Trinajstić information content (AvgIpc) is 2.33. The van der Waals surface area contributed by atoms with Gasteiger partial charge in [-0.3, -0.25) is 0 Å². The van der Waals surface area contributed by atoms with Gasteiger partial charge in [-0.2, -0.15) is 13.2 Å². The van der Waals surface area contributed by atoms with E-state index in [1.165, 1.54) is 12.1 Å². The lowest BCUT2D eigenvalue weighted by Crippen LogP contribution is -2.25. The first-order valence-corrected chi connectivity index (χ1v) is 6.42. The van der Waals surface area contributed by atoms with Gasteiger partial charge in [0.2, 0.25) is 0 Å². The van der Waals surface area contributed by atoms with Crippen LogP contribution in [-0.2, 0) is 12.7 Å². The Labute approximate surface area is 110 Å². The molecule has 0 spiro atoms. The van der Waals surface area contributed by atoms with Crippen LogP contribution in [-0.4, -0.2) is 11.9 Å². The van der Waals surface area contributed by atoms with E-state index in [-0.39, 0.29) is 6.04 Å². The van der Waals surface area contributed by atoms with E-state index in [0.717, 1.165) is 18.9 Å². The lowest BCUT2D eigenvalue weighted by Gasteiger charge is -2.14. The second-order valence-electron chi connectivity index (χ2n) is 4.31. The first-order valence-electron chi connectivity index (χ1n) is 5.89. The van der Waals surface area contributed by atoms with Gasteiger partial charge in [-0.1, -0.05) is 18.2 Å². The number of alkyl halides is 4. The highest BCUT2D eigenvalue weighted by atomic mass is 35.5. The number of benzene rings is 1. The predicted octanol–water partition coefficient (Wildman–Crippen LogP) is 4.20. The fourth-order valence-electron chi connectivity index (χ4n) is 1.64. The normalized spacial score (nSPS) is 13.6. The highest BCUT2D eigenvalue weighted by Gasteiger charge is 2.30. The second kappa shape index (κ2) is 7.00. The van der Waals surface area contributed by atoms with Crippen molar-refractivity contribution in [3.8, 4) is 0 Å². The van der Waals surface area contributed by atoms with Crippen LogP contribution >= 0.6 is 11.6 Å². The molecular formula is C13H17ClF3N. The van der Waals surface area contributed by atoms with Crippen LogP contribution in [0.25, 0.3) is 0 Å². The maximum atomic E-state index is 12.5. The molecule has 102 valence electrons. The fraction of sp³-hybridized carbons (Fsp3) is 0.538. The molecule has 18 heavy (non-hydrogen) atoms. The summed E-state index contributed by atoms with van der Waals surface area (Å²) in [4.78, 5) is 0. The van der Waals surface area contributed by atoms with Crippen LogP contribution in [0.2, 0.25) is 0 Å². The van der Waals surface area contributed by atoms with E-state index in [0.29, 0.717) is 18.0 Å². The minimum Gasteiger partial charge on any atom is -0.310 e. The maximum absolute atomic E-state index is 12.5. The van der Waals surface area contributed by atoms with Crippen LogP contribution in [0.1, 0.15) is 30.9 Å². The molecule has 1 N–H and O–H groups in total. The van der Waals surface area contributed by atoms with Gasteiger partial charge in [-0.25, -0.2) is 0 Å². The maximum Gasteiger partial charge on any atom is 0.416 e. The largest absolute Gasteiger partial charge is 0.416 e. The van der Waals surface area contributed by atoms with Crippen molar-refractivity contribution < 1.29 is 13.2 Å². The molecule has 0 radical (unpaired) electrons. The zero-order valence-electron chi connectivity index (χ0n) is 10.2. The van der Waals surface area contributed by atoms with Crippen molar-refractivity contribution in [2.45, 2.75) is 38.5 Å². The van der Waals surface area contributed by atoms with Crippen molar-refractivity contribution in [3.05, 3.63) is 35.4 Å². The van der Waals surface area contributed by atoms with Gasteiger partial charge in [0.25, 0.3) is 0 Å². The average molecular weight is 280 g/mol. The second-order valence-corrected chi connectivity index (χ2v) is 4.69. The molecular weight excluding hydrogens is 263 g/mol. The summed E-state index contributed by atoms with van der Waals surface area (Å²) < 4.78 is 37.5. The summed E-state index contributed by atoms with van der Waals surface area (Å²) in [5.41, 5.74) is 0.0396. The Bertz CT molecular complexity index is 365. The Morgan fingerprint density at radius 2 is 2.06 bits per heavy atom. The summed E-state index contributed by atoms with van der Waals surface area (Å²) in [6, 6.07) is 5.64. The summed E-state index contributed by atoms with van der Waals surface area (Å²) in [5, 5.41) is 3.19. The topological polar surface area (TPSA) is 12.0 Å². The number of halogens is 4. The van der Waals surface area contributed by atoms with Gasteiger partial charge in [0.05, 0.1) is 5.56 Å². The van der Waals surface area contributed by atoms with E-state index in [9.17, 15) is 13.2 Å². The SMILES string of the molecule is CC(CCCCl)NCc1cccc(C(F)(F)F)c1. The molecule has 0 saturated carbocycles. The molecule has 1 rings (SSSR count). The predicted molar refractivity (Wildman–Crippen MR) is 67.7 cm³/mol. The fourth-order valence-corrected chi connectivity index (χ4v) is 1.79. The van der Waals surface area contributed by atoms with Crippen molar-refractivity contribution in [1.29, 1.82) is 0 Å². The summed E-state index contributed by atoms with van der Waals surface area (Å²) in [5.74, 6) is 0.607. The van der Waals surface area contributed by atoms with Crippen LogP contribution in [0.5, 0.6) is 0 Å².